The van der Waals surface area contributed by atoms with E-state index >= 15 is 0 Å². The highest BCUT2D eigenvalue weighted by Gasteiger charge is 2.36. The highest BCUT2D eigenvalue weighted by atomic mass is 35.5. The summed E-state index contributed by atoms with van der Waals surface area (Å²) in [7, 11) is 2.02. The molecule has 0 spiro atoms. The smallest absolute Gasteiger partial charge is 0.0458 e. The van der Waals surface area contributed by atoms with Gasteiger partial charge in [-0.15, -0.1) is 0 Å². The molecule has 0 radical (unpaired) electrons. The Morgan fingerprint density at radius 1 is 1.28 bits per heavy atom. The van der Waals surface area contributed by atoms with Crippen LogP contribution >= 0.6 is 23.2 Å². The van der Waals surface area contributed by atoms with Crippen molar-refractivity contribution in [2.75, 3.05) is 13.6 Å². The van der Waals surface area contributed by atoms with Crippen molar-refractivity contribution < 1.29 is 0 Å². The first-order chi connectivity index (χ1) is 8.57. The Hall–Kier alpha value is -0.240. The lowest BCUT2D eigenvalue weighted by Gasteiger charge is -2.40. The van der Waals surface area contributed by atoms with E-state index in [1.165, 1.54) is 31.2 Å². The molecule has 0 unspecified atom stereocenters. The van der Waals surface area contributed by atoms with Crippen LogP contribution in [-0.4, -0.2) is 13.6 Å². The molecule has 0 aliphatic heterocycles. The van der Waals surface area contributed by atoms with Crippen LogP contribution in [0.15, 0.2) is 18.2 Å². The molecular weight excluding hydrogens is 265 g/mol. The normalized spacial score (nSPS) is 28.3. The minimum Gasteiger partial charge on any atom is -0.319 e. The Bertz CT molecular complexity index is 409. The van der Waals surface area contributed by atoms with E-state index in [9.17, 15) is 0 Å². The third kappa shape index (κ3) is 2.84. The van der Waals surface area contributed by atoms with Gasteiger partial charge in [-0.1, -0.05) is 36.2 Å². The Morgan fingerprint density at radius 2 is 1.94 bits per heavy atom. The first kappa shape index (κ1) is 14.2. The van der Waals surface area contributed by atoms with Crippen molar-refractivity contribution in [2.24, 2.45) is 5.92 Å². The first-order valence-electron chi connectivity index (χ1n) is 6.67. The van der Waals surface area contributed by atoms with E-state index in [1.54, 1.807) is 0 Å². The van der Waals surface area contributed by atoms with E-state index in [1.807, 2.05) is 19.2 Å². The number of halogens is 2. The number of rotatable bonds is 3. The third-order valence-corrected chi connectivity index (χ3v) is 4.80. The molecule has 1 saturated carbocycles. The van der Waals surface area contributed by atoms with Crippen LogP contribution in [0, 0.1) is 5.92 Å². The van der Waals surface area contributed by atoms with Crippen LogP contribution in [0.5, 0.6) is 0 Å². The maximum absolute atomic E-state index is 6.41. The Labute approximate surface area is 120 Å². The van der Waals surface area contributed by atoms with Gasteiger partial charge in [0.15, 0.2) is 0 Å². The van der Waals surface area contributed by atoms with Gasteiger partial charge in [-0.3, -0.25) is 0 Å². The lowest BCUT2D eigenvalue weighted by Crippen LogP contribution is -2.40. The Morgan fingerprint density at radius 3 is 2.50 bits per heavy atom. The molecule has 0 heterocycles. The summed E-state index contributed by atoms with van der Waals surface area (Å²) in [5.74, 6) is 0.834. The molecule has 1 fully saturated rings. The largest absolute Gasteiger partial charge is 0.319 e. The summed E-state index contributed by atoms with van der Waals surface area (Å²) >= 11 is 12.4. The van der Waals surface area contributed by atoms with Crippen LogP contribution in [-0.2, 0) is 5.41 Å². The Balaban J connectivity index is 2.34. The molecule has 0 bridgehead atoms. The van der Waals surface area contributed by atoms with Gasteiger partial charge in [0.25, 0.3) is 0 Å². The average molecular weight is 286 g/mol. The second-order valence-electron chi connectivity index (χ2n) is 5.62. The number of likely N-dealkylation sites (N-methyl/N-ethyl adjacent to an activating group) is 1. The van der Waals surface area contributed by atoms with Gasteiger partial charge in [0.1, 0.15) is 0 Å². The minimum absolute atomic E-state index is 0.183. The molecule has 1 aromatic rings. The van der Waals surface area contributed by atoms with Crippen molar-refractivity contribution in [2.45, 2.75) is 38.0 Å². The molecule has 1 aliphatic rings. The molecule has 1 N–H and O–H groups in total. The van der Waals surface area contributed by atoms with Crippen molar-refractivity contribution in [3.8, 4) is 0 Å². The quantitative estimate of drug-likeness (QED) is 0.852. The lowest BCUT2D eigenvalue weighted by molar-refractivity contribution is 0.237. The average Bonchev–Trinajstić information content (AvgIpc) is 2.33. The van der Waals surface area contributed by atoms with Crippen LogP contribution < -0.4 is 5.32 Å². The molecule has 0 saturated heterocycles. The molecule has 1 aromatic carbocycles. The fraction of sp³-hybridized carbons (Fsp3) is 0.600. The van der Waals surface area contributed by atoms with E-state index in [0.29, 0.717) is 5.02 Å². The van der Waals surface area contributed by atoms with Gasteiger partial charge in [-0.25, -0.2) is 0 Å². The molecule has 18 heavy (non-hydrogen) atoms. The van der Waals surface area contributed by atoms with Gasteiger partial charge >= 0.3 is 0 Å². The fourth-order valence-electron chi connectivity index (χ4n) is 3.11. The number of benzene rings is 1. The van der Waals surface area contributed by atoms with Gasteiger partial charge in [0, 0.05) is 22.0 Å². The van der Waals surface area contributed by atoms with Crippen LogP contribution in [0.2, 0.25) is 10.0 Å². The SMILES string of the molecule is CNCC1(c2ccc(Cl)cc2Cl)CCC(C)CC1. The highest BCUT2D eigenvalue weighted by Crippen LogP contribution is 2.44. The summed E-state index contributed by atoms with van der Waals surface area (Å²) in [6.45, 7) is 3.33. The predicted octanol–water partition coefficient (Wildman–Crippen LogP) is 4.66. The van der Waals surface area contributed by atoms with E-state index < -0.39 is 0 Å². The molecule has 1 nitrogen and oxygen atoms in total. The standard InChI is InChI=1S/C15H21Cl2N/c1-11-5-7-15(8-6-11,10-18-2)13-4-3-12(16)9-14(13)17/h3-4,9,11,18H,5-8,10H2,1-2H3. The molecule has 100 valence electrons. The van der Waals surface area contributed by atoms with Gasteiger partial charge < -0.3 is 5.32 Å². The summed E-state index contributed by atoms with van der Waals surface area (Å²) in [6, 6.07) is 5.93. The second kappa shape index (κ2) is 5.81. The molecule has 2 rings (SSSR count). The zero-order valence-corrected chi connectivity index (χ0v) is 12.6. The molecule has 0 atom stereocenters. The molecule has 0 aromatic heterocycles. The first-order valence-corrected chi connectivity index (χ1v) is 7.43. The summed E-state index contributed by atoms with van der Waals surface area (Å²) in [4.78, 5) is 0. The topological polar surface area (TPSA) is 12.0 Å². The van der Waals surface area contributed by atoms with Crippen LogP contribution in [0.25, 0.3) is 0 Å². The number of hydrogen-bond donors (Lipinski definition) is 1. The summed E-state index contributed by atoms with van der Waals surface area (Å²) in [5.41, 5.74) is 1.44. The van der Waals surface area contributed by atoms with Gasteiger partial charge in [0.2, 0.25) is 0 Å². The molecule has 3 heteroatoms. The van der Waals surface area contributed by atoms with Gasteiger partial charge in [0.05, 0.1) is 0 Å². The molecule has 1 aliphatic carbocycles. The number of hydrogen-bond acceptors (Lipinski definition) is 1. The van der Waals surface area contributed by atoms with Crippen LogP contribution in [0.1, 0.15) is 38.2 Å². The minimum atomic E-state index is 0.183. The van der Waals surface area contributed by atoms with Crippen molar-refractivity contribution in [1.82, 2.24) is 5.32 Å². The van der Waals surface area contributed by atoms with Gasteiger partial charge in [-0.2, -0.15) is 0 Å². The van der Waals surface area contributed by atoms with E-state index in [4.69, 9.17) is 23.2 Å². The second-order valence-corrected chi connectivity index (χ2v) is 6.46. The van der Waals surface area contributed by atoms with Crippen LogP contribution in [0.4, 0.5) is 0 Å². The van der Waals surface area contributed by atoms with E-state index in [2.05, 4.69) is 18.3 Å². The van der Waals surface area contributed by atoms with Crippen LogP contribution in [0.3, 0.4) is 0 Å². The summed E-state index contributed by atoms with van der Waals surface area (Å²) in [5, 5.41) is 4.87. The van der Waals surface area contributed by atoms with Crippen molar-refractivity contribution >= 4 is 23.2 Å². The number of nitrogens with one attached hydrogen (secondary N) is 1. The molecular formula is C15H21Cl2N. The highest BCUT2D eigenvalue weighted by molar-refractivity contribution is 6.35. The van der Waals surface area contributed by atoms with E-state index in [0.717, 1.165) is 17.5 Å². The lowest BCUT2D eigenvalue weighted by atomic mass is 9.67. The van der Waals surface area contributed by atoms with Crippen molar-refractivity contribution in [3.63, 3.8) is 0 Å². The zero-order chi connectivity index (χ0) is 13.2. The molecule has 0 amide bonds. The zero-order valence-electron chi connectivity index (χ0n) is 11.1. The monoisotopic (exact) mass is 285 g/mol. The third-order valence-electron chi connectivity index (χ3n) is 4.25. The fourth-order valence-corrected chi connectivity index (χ4v) is 3.72. The van der Waals surface area contributed by atoms with Gasteiger partial charge in [-0.05, 0) is 56.3 Å². The van der Waals surface area contributed by atoms with Crippen molar-refractivity contribution in [1.29, 1.82) is 0 Å². The maximum Gasteiger partial charge on any atom is 0.0458 e. The predicted molar refractivity (Wildman–Crippen MR) is 79.7 cm³/mol. The maximum atomic E-state index is 6.41. The van der Waals surface area contributed by atoms with Crippen molar-refractivity contribution in [3.05, 3.63) is 33.8 Å². The Kier molecular flexibility index (Phi) is 4.58. The summed E-state index contributed by atoms with van der Waals surface area (Å²) < 4.78 is 0. The summed E-state index contributed by atoms with van der Waals surface area (Å²) in [6.07, 6.45) is 4.97. The van der Waals surface area contributed by atoms with E-state index in [-0.39, 0.29) is 5.41 Å².